The first-order valence-corrected chi connectivity index (χ1v) is 6.99. The van der Waals surface area contributed by atoms with Gasteiger partial charge in [0.2, 0.25) is 0 Å². The normalized spacial score (nSPS) is 16.8. The Hall–Kier alpha value is -0.970. The molecule has 1 nitrogen and oxygen atoms in total. The number of ketones is 1. The third kappa shape index (κ3) is 3.07. The van der Waals surface area contributed by atoms with Gasteiger partial charge in [0.05, 0.1) is 5.56 Å². The summed E-state index contributed by atoms with van der Waals surface area (Å²) in [7, 11) is 0. The molecule has 0 atom stereocenters. The molecule has 0 amide bonds. The van der Waals surface area contributed by atoms with Gasteiger partial charge in [-0.15, -0.1) is 0 Å². The first-order chi connectivity index (χ1) is 8.58. The second kappa shape index (κ2) is 5.78. The zero-order valence-electron chi connectivity index (χ0n) is 9.72. The molecule has 1 aliphatic rings. The molecule has 98 valence electrons. The summed E-state index contributed by atoms with van der Waals surface area (Å²) >= 11 is 1.82. The van der Waals surface area contributed by atoms with Gasteiger partial charge < -0.3 is 0 Å². The van der Waals surface area contributed by atoms with Gasteiger partial charge in [0.1, 0.15) is 17.5 Å². The van der Waals surface area contributed by atoms with Crippen LogP contribution in [0.25, 0.3) is 0 Å². The zero-order valence-corrected chi connectivity index (χ0v) is 10.5. The highest BCUT2D eigenvalue weighted by Crippen LogP contribution is 2.27. The molecular weight excluding hydrogens is 261 g/mol. The fourth-order valence-corrected chi connectivity index (χ4v) is 3.33. The molecule has 0 aliphatic carbocycles. The molecular formula is C13H13F3OS. The Kier molecular flexibility index (Phi) is 4.32. The van der Waals surface area contributed by atoms with Crippen molar-refractivity contribution in [3.8, 4) is 0 Å². The summed E-state index contributed by atoms with van der Waals surface area (Å²) in [6, 6.07) is 1.10. The first kappa shape index (κ1) is 13.5. The van der Waals surface area contributed by atoms with E-state index in [9.17, 15) is 18.0 Å². The van der Waals surface area contributed by atoms with Gasteiger partial charge >= 0.3 is 0 Å². The molecule has 18 heavy (non-hydrogen) atoms. The number of hydrogen-bond donors (Lipinski definition) is 0. The summed E-state index contributed by atoms with van der Waals surface area (Å²) in [6.45, 7) is 0. The monoisotopic (exact) mass is 274 g/mol. The smallest absolute Gasteiger partial charge is 0.169 e. The van der Waals surface area contributed by atoms with Crippen LogP contribution in [0.4, 0.5) is 13.2 Å². The van der Waals surface area contributed by atoms with Crippen LogP contribution >= 0.6 is 11.8 Å². The summed E-state index contributed by atoms with van der Waals surface area (Å²) in [5.74, 6) is -1.65. The minimum absolute atomic E-state index is 0.139. The molecule has 2 rings (SSSR count). The van der Waals surface area contributed by atoms with Gasteiger partial charge in [0.25, 0.3) is 0 Å². The predicted octanol–water partition coefficient (Wildman–Crippen LogP) is 3.82. The van der Waals surface area contributed by atoms with Crippen LogP contribution in [0.5, 0.6) is 0 Å². The highest BCUT2D eigenvalue weighted by Gasteiger charge is 2.23. The van der Waals surface area contributed by atoms with E-state index in [0.717, 1.165) is 24.3 Å². The molecule has 1 aromatic rings. The highest BCUT2D eigenvalue weighted by atomic mass is 32.2. The van der Waals surface area contributed by atoms with Gasteiger partial charge in [-0.1, -0.05) is 0 Å². The highest BCUT2D eigenvalue weighted by molar-refractivity contribution is 7.99. The number of carbonyl (C=O) groups is 1. The Morgan fingerprint density at radius 3 is 2.28 bits per heavy atom. The lowest BCUT2D eigenvalue weighted by atomic mass is 9.93. The number of halogens is 3. The Morgan fingerprint density at radius 1 is 1.17 bits per heavy atom. The minimum Gasteiger partial charge on any atom is -0.294 e. The van der Waals surface area contributed by atoms with Crippen molar-refractivity contribution in [1.82, 2.24) is 0 Å². The standard InChI is InChI=1S/C13H13F3OS/c14-9-6-10(15)13(11(16)7-9)12(17)5-8-1-3-18-4-2-8/h6-8H,1-5H2. The van der Waals surface area contributed by atoms with Crippen molar-refractivity contribution in [3.63, 3.8) is 0 Å². The topological polar surface area (TPSA) is 17.1 Å². The SMILES string of the molecule is O=C(CC1CCSCC1)c1c(F)cc(F)cc1F. The lowest BCUT2D eigenvalue weighted by molar-refractivity contribution is 0.0950. The van der Waals surface area contributed by atoms with Gasteiger partial charge in [-0.2, -0.15) is 11.8 Å². The largest absolute Gasteiger partial charge is 0.294 e. The second-order valence-electron chi connectivity index (χ2n) is 4.43. The van der Waals surface area contributed by atoms with Crippen molar-refractivity contribution in [2.75, 3.05) is 11.5 Å². The van der Waals surface area contributed by atoms with E-state index >= 15 is 0 Å². The van der Waals surface area contributed by atoms with Gasteiger partial charge in [-0.3, -0.25) is 4.79 Å². The number of rotatable bonds is 3. The fraction of sp³-hybridized carbons (Fsp3) is 0.462. The van der Waals surface area contributed by atoms with Crippen molar-refractivity contribution in [2.45, 2.75) is 19.3 Å². The van der Waals surface area contributed by atoms with Crippen LogP contribution in [0.3, 0.4) is 0 Å². The van der Waals surface area contributed by atoms with Gasteiger partial charge in [0, 0.05) is 18.6 Å². The first-order valence-electron chi connectivity index (χ1n) is 5.83. The third-order valence-corrected chi connectivity index (χ3v) is 4.15. The van der Waals surface area contributed by atoms with E-state index in [1.165, 1.54) is 0 Å². The van der Waals surface area contributed by atoms with Crippen molar-refractivity contribution >= 4 is 17.5 Å². The molecule has 0 radical (unpaired) electrons. The summed E-state index contributed by atoms with van der Waals surface area (Å²) in [4.78, 5) is 11.9. The van der Waals surface area contributed by atoms with Crippen LogP contribution < -0.4 is 0 Å². The average Bonchev–Trinajstić information content (AvgIpc) is 2.28. The van der Waals surface area contributed by atoms with Crippen LogP contribution in [0.15, 0.2) is 12.1 Å². The van der Waals surface area contributed by atoms with E-state index in [0.29, 0.717) is 12.1 Å². The maximum atomic E-state index is 13.4. The quantitative estimate of drug-likeness (QED) is 0.779. The van der Waals surface area contributed by atoms with E-state index in [2.05, 4.69) is 0 Å². The molecule has 0 bridgehead atoms. The van der Waals surface area contributed by atoms with Crippen molar-refractivity contribution in [2.24, 2.45) is 5.92 Å². The minimum atomic E-state index is -1.11. The molecule has 0 unspecified atom stereocenters. The lowest BCUT2D eigenvalue weighted by Crippen LogP contribution is -2.16. The molecule has 1 heterocycles. The average molecular weight is 274 g/mol. The van der Waals surface area contributed by atoms with Crippen LogP contribution in [0.2, 0.25) is 0 Å². The number of hydrogen-bond acceptors (Lipinski definition) is 2. The maximum absolute atomic E-state index is 13.4. The Balaban J connectivity index is 2.13. The Bertz CT molecular complexity index is 433. The molecule has 1 saturated heterocycles. The second-order valence-corrected chi connectivity index (χ2v) is 5.65. The van der Waals surface area contributed by atoms with Gasteiger partial charge in [0.15, 0.2) is 5.78 Å². The van der Waals surface area contributed by atoms with E-state index in [1.807, 2.05) is 11.8 Å². The summed E-state index contributed by atoms with van der Waals surface area (Å²) < 4.78 is 39.6. The van der Waals surface area contributed by atoms with Gasteiger partial charge in [-0.05, 0) is 30.3 Å². The Labute approximate surface area is 108 Å². The third-order valence-electron chi connectivity index (χ3n) is 3.10. The number of benzene rings is 1. The molecule has 0 N–H and O–H groups in total. The molecule has 5 heteroatoms. The number of carbonyl (C=O) groups excluding carboxylic acids is 1. The van der Waals surface area contributed by atoms with Crippen molar-refractivity contribution in [1.29, 1.82) is 0 Å². The van der Waals surface area contributed by atoms with E-state index in [1.54, 1.807) is 0 Å². The molecule has 1 aromatic carbocycles. The van der Waals surface area contributed by atoms with Crippen LogP contribution in [0.1, 0.15) is 29.6 Å². The maximum Gasteiger partial charge on any atom is 0.169 e. The molecule has 0 aromatic heterocycles. The van der Waals surface area contributed by atoms with Crippen molar-refractivity contribution in [3.05, 3.63) is 35.1 Å². The molecule has 0 saturated carbocycles. The zero-order chi connectivity index (χ0) is 13.1. The molecule has 0 spiro atoms. The number of thioether (sulfide) groups is 1. The number of Topliss-reactive ketones (excluding diaryl/α,β-unsaturated/α-hetero) is 1. The van der Waals surface area contributed by atoms with Crippen molar-refractivity contribution < 1.29 is 18.0 Å². The summed E-state index contributed by atoms with van der Waals surface area (Å²) in [5, 5.41) is 0. The summed E-state index contributed by atoms with van der Waals surface area (Å²) in [5.41, 5.74) is -0.602. The van der Waals surface area contributed by atoms with Crippen LogP contribution in [-0.2, 0) is 0 Å². The van der Waals surface area contributed by atoms with Crippen LogP contribution in [0, 0.1) is 23.4 Å². The van der Waals surface area contributed by atoms with E-state index in [4.69, 9.17) is 0 Å². The Morgan fingerprint density at radius 2 is 1.72 bits per heavy atom. The molecule has 1 fully saturated rings. The van der Waals surface area contributed by atoms with Gasteiger partial charge in [-0.25, -0.2) is 13.2 Å². The fourth-order valence-electron chi connectivity index (χ4n) is 2.12. The summed E-state index contributed by atoms with van der Waals surface area (Å²) in [6.07, 6.45) is 1.92. The van der Waals surface area contributed by atoms with E-state index < -0.39 is 28.8 Å². The lowest BCUT2D eigenvalue weighted by Gasteiger charge is -2.20. The molecule has 1 aliphatic heterocycles. The predicted molar refractivity (Wildman–Crippen MR) is 65.3 cm³/mol. The van der Waals surface area contributed by atoms with E-state index in [-0.39, 0.29) is 12.3 Å². The van der Waals surface area contributed by atoms with Crippen LogP contribution in [-0.4, -0.2) is 17.3 Å².